The number of aromatic amines is 1. The molecule has 1 fully saturated rings. The second-order valence-electron chi connectivity index (χ2n) is 5.86. The average molecular weight is 298 g/mol. The van der Waals surface area contributed by atoms with Crippen molar-refractivity contribution in [2.45, 2.75) is 32.2 Å². The highest BCUT2D eigenvalue weighted by molar-refractivity contribution is 5.95. The first kappa shape index (κ1) is 14.7. The van der Waals surface area contributed by atoms with Crippen molar-refractivity contribution in [3.8, 4) is 5.75 Å². The number of hydrogen-bond acceptors (Lipinski definition) is 2. The van der Waals surface area contributed by atoms with E-state index in [1.54, 1.807) is 7.11 Å². The summed E-state index contributed by atoms with van der Waals surface area (Å²) in [6.07, 6.45) is 4.88. The molecule has 1 saturated heterocycles. The highest BCUT2D eigenvalue weighted by Crippen LogP contribution is 2.25. The molecule has 4 heteroatoms. The monoisotopic (exact) mass is 298 g/mol. The Hall–Kier alpha value is -2.23. The Labute approximate surface area is 131 Å². The molecule has 0 unspecified atom stereocenters. The number of carbonyl (C=O) groups excluding carboxylic acids is 1. The predicted octanol–water partition coefficient (Wildman–Crippen LogP) is 3.18. The summed E-state index contributed by atoms with van der Waals surface area (Å²) >= 11 is 0. The third kappa shape index (κ3) is 2.86. The van der Waals surface area contributed by atoms with Crippen molar-refractivity contribution >= 4 is 5.91 Å². The molecular formula is C18H22N2O2. The number of ether oxygens (including phenoxy) is 1. The van der Waals surface area contributed by atoms with E-state index in [1.807, 2.05) is 36.2 Å². The Morgan fingerprint density at radius 1 is 1.32 bits per heavy atom. The number of benzene rings is 1. The lowest BCUT2D eigenvalue weighted by molar-refractivity contribution is 0.0736. The second-order valence-corrected chi connectivity index (χ2v) is 5.86. The van der Waals surface area contributed by atoms with Gasteiger partial charge in [-0.3, -0.25) is 4.79 Å². The van der Waals surface area contributed by atoms with Gasteiger partial charge in [0, 0.05) is 24.5 Å². The number of likely N-dealkylation sites (tertiary alicyclic amines) is 1. The van der Waals surface area contributed by atoms with E-state index in [0.717, 1.165) is 42.8 Å². The van der Waals surface area contributed by atoms with Crippen LogP contribution in [0, 0.1) is 6.92 Å². The van der Waals surface area contributed by atoms with Gasteiger partial charge in [-0.05, 0) is 49.9 Å². The van der Waals surface area contributed by atoms with Gasteiger partial charge in [0.05, 0.1) is 12.7 Å². The van der Waals surface area contributed by atoms with E-state index in [9.17, 15) is 4.79 Å². The van der Waals surface area contributed by atoms with Crippen molar-refractivity contribution < 1.29 is 9.53 Å². The Balaban J connectivity index is 1.72. The zero-order valence-corrected chi connectivity index (χ0v) is 13.1. The molecule has 4 nitrogen and oxygen atoms in total. The van der Waals surface area contributed by atoms with Gasteiger partial charge in [-0.1, -0.05) is 12.1 Å². The molecule has 1 amide bonds. The minimum absolute atomic E-state index is 0.148. The fourth-order valence-electron chi connectivity index (χ4n) is 3.19. The maximum absolute atomic E-state index is 12.7. The van der Waals surface area contributed by atoms with E-state index in [1.165, 1.54) is 5.56 Å². The molecule has 1 aromatic carbocycles. The number of carbonyl (C=O) groups is 1. The summed E-state index contributed by atoms with van der Waals surface area (Å²) in [6.45, 7) is 2.80. The highest BCUT2D eigenvalue weighted by Gasteiger charge is 2.30. The van der Waals surface area contributed by atoms with Crippen LogP contribution in [0.25, 0.3) is 0 Å². The SMILES string of the molecule is COc1ccc(C[C@@H]2CCCN2C(=O)c2cc[nH]c2C)cc1. The van der Waals surface area contributed by atoms with E-state index in [4.69, 9.17) is 4.74 Å². The first-order chi connectivity index (χ1) is 10.7. The molecule has 0 spiro atoms. The Morgan fingerprint density at radius 3 is 2.73 bits per heavy atom. The molecule has 0 bridgehead atoms. The Kier molecular flexibility index (Phi) is 4.18. The summed E-state index contributed by atoms with van der Waals surface area (Å²) in [5, 5.41) is 0. The van der Waals surface area contributed by atoms with Gasteiger partial charge >= 0.3 is 0 Å². The fourth-order valence-corrected chi connectivity index (χ4v) is 3.19. The van der Waals surface area contributed by atoms with Crippen LogP contribution in [0.15, 0.2) is 36.5 Å². The van der Waals surface area contributed by atoms with E-state index < -0.39 is 0 Å². The highest BCUT2D eigenvalue weighted by atomic mass is 16.5. The van der Waals surface area contributed by atoms with Crippen LogP contribution in [-0.2, 0) is 6.42 Å². The zero-order chi connectivity index (χ0) is 15.5. The van der Waals surface area contributed by atoms with Gasteiger partial charge in [0.1, 0.15) is 5.75 Å². The molecular weight excluding hydrogens is 276 g/mol. The predicted molar refractivity (Wildman–Crippen MR) is 86.3 cm³/mol. The summed E-state index contributed by atoms with van der Waals surface area (Å²) in [4.78, 5) is 17.8. The number of rotatable bonds is 4. The number of methoxy groups -OCH3 is 1. The van der Waals surface area contributed by atoms with Crippen LogP contribution < -0.4 is 4.74 Å². The van der Waals surface area contributed by atoms with Gasteiger partial charge in [0.15, 0.2) is 0 Å². The largest absolute Gasteiger partial charge is 0.497 e. The summed E-state index contributed by atoms with van der Waals surface area (Å²) < 4.78 is 5.19. The lowest BCUT2D eigenvalue weighted by Gasteiger charge is -2.25. The van der Waals surface area contributed by atoms with E-state index in [0.29, 0.717) is 0 Å². The lowest BCUT2D eigenvalue weighted by Crippen LogP contribution is -2.37. The molecule has 3 rings (SSSR count). The van der Waals surface area contributed by atoms with Gasteiger partial charge < -0.3 is 14.6 Å². The molecule has 1 atom stereocenters. The first-order valence-corrected chi connectivity index (χ1v) is 7.77. The molecule has 2 aromatic rings. The number of aryl methyl sites for hydroxylation is 1. The third-order valence-corrected chi connectivity index (χ3v) is 4.45. The number of hydrogen-bond donors (Lipinski definition) is 1. The quantitative estimate of drug-likeness (QED) is 0.942. The minimum atomic E-state index is 0.148. The van der Waals surface area contributed by atoms with Crippen LogP contribution in [0.1, 0.15) is 34.5 Å². The standard InChI is InChI=1S/C18H22N2O2/c1-13-17(9-10-19-13)18(21)20-11-3-4-15(20)12-14-5-7-16(22-2)8-6-14/h5-10,15,19H,3-4,11-12H2,1-2H3/t15-/m0/s1. The van der Waals surface area contributed by atoms with Crippen molar-refractivity contribution in [2.24, 2.45) is 0 Å². The van der Waals surface area contributed by atoms with Crippen LogP contribution in [0.3, 0.4) is 0 Å². The van der Waals surface area contributed by atoms with Crippen LogP contribution in [0.2, 0.25) is 0 Å². The molecule has 0 saturated carbocycles. The summed E-state index contributed by atoms with van der Waals surface area (Å²) in [7, 11) is 1.67. The molecule has 0 aliphatic carbocycles. The molecule has 1 N–H and O–H groups in total. The summed E-state index contributed by atoms with van der Waals surface area (Å²) in [5.74, 6) is 1.01. The summed E-state index contributed by atoms with van der Waals surface area (Å²) in [6, 6.07) is 10.3. The third-order valence-electron chi connectivity index (χ3n) is 4.45. The van der Waals surface area contributed by atoms with Crippen LogP contribution >= 0.6 is 0 Å². The van der Waals surface area contributed by atoms with Crippen molar-refractivity contribution in [1.82, 2.24) is 9.88 Å². The maximum atomic E-state index is 12.7. The number of aromatic nitrogens is 1. The van der Waals surface area contributed by atoms with Gasteiger partial charge in [0.25, 0.3) is 5.91 Å². The van der Waals surface area contributed by atoms with E-state index in [-0.39, 0.29) is 11.9 Å². The normalized spacial score (nSPS) is 17.7. The topological polar surface area (TPSA) is 45.3 Å². The molecule has 2 heterocycles. The number of amides is 1. The molecule has 1 aromatic heterocycles. The van der Waals surface area contributed by atoms with Crippen LogP contribution in [0.5, 0.6) is 5.75 Å². The Bertz CT molecular complexity index is 645. The minimum Gasteiger partial charge on any atom is -0.497 e. The van der Waals surface area contributed by atoms with Gasteiger partial charge in [-0.15, -0.1) is 0 Å². The van der Waals surface area contributed by atoms with E-state index >= 15 is 0 Å². The number of H-pyrrole nitrogens is 1. The Morgan fingerprint density at radius 2 is 2.09 bits per heavy atom. The van der Waals surface area contributed by atoms with Crippen LogP contribution in [0.4, 0.5) is 0 Å². The van der Waals surface area contributed by atoms with Gasteiger partial charge in [0.2, 0.25) is 0 Å². The molecule has 22 heavy (non-hydrogen) atoms. The maximum Gasteiger partial charge on any atom is 0.255 e. The van der Waals surface area contributed by atoms with Crippen molar-refractivity contribution in [3.05, 3.63) is 53.3 Å². The second kappa shape index (κ2) is 6.26. The lowest BCUT2D eigenvalue weighted by atomic mass is 10.0. The average Bonchev–Trinajstić information content (AvgIpc) is 3.16. The van der Waals surface area contributed by atoms with Gasteiger partial charge in [-0.25, -0.2) is 0 Å². The van der Waals surface area contributed by atoms with Crippen molar-refractivity contribution in [3.63, 3.8) is 0 Å². The number of nitrogens with one attached hydrogen (secondary N) is 1. The van der Waals surface area contributed by atoms with Gasteiger partial charge in [-0.2, -0.15) is 0 Å². The van der Waals surface area contributed by atoms with Crippen molar-refractivity contribution in [2.75, 3.05) is 13.7 Å². The first-order valence-electron chi connectivity index (χ1n) is 7.77. The smallest absolute Gasteiger partial charge is 0.255 e. The molecule has 1 aliphatic heterocycles. The fraction of sp³-hybridized carbons (Fsp3) is 0.389. The van der Waals surface area contributed by atoms with Crippen molar-refractivity contribution in [1.29, 1.82) is 0 Å². The zero-order valence-electron chi connectivity index (χ0n) is 13.1. The molecule has 116 valence electrons. The summed E-state index contributed by atoms with van der Waals surface area (Å²) in [5.41, 5.74) is 2.98. The van der Waals surface area contributed by atoms with E-state index in [2.05, 4.69) is 17.1 Å². The van der Waals surface area contributed by atoms with Crippen LogP contribution in [-0.4, -0.2) is 35.5 Å². The molecule has 0 radical (unpaired) electrons. The number of nitrogens with zero attached hydrogens (tertiary/aromatic N) is 1. The molecule has 1 aliphatic rings.